The molecule has 0 heterocycles. The van der Waals surface area contributed by atoms with E-state index in [4.69, 9.17) is 4.74 Å². The Morgan fingerprint density at radius 2 is 1.83 bits per heavy atom. The molecule has 0 bridgehead atoms. The first-order valence-corrected chi connectivity index (χ1v) is 7.37. The van der Waals surface area contributed by atoms with Gasteiger partial charge in [-0.1, -0.05) is 48.0 Å². The fourth-order valence-corrected chi connectivity index (χ4v) is 2.41. The molecule has 1 rings (SSSR count). The molecule has 0 aliphatic rings. The van der Waals surface area contributed by atoms with Crippen LogP contribution in [-0.4, -0.2) is 24.9 Å². The van der Waals surface area contributed by atoms with E-state index in [-0.39, 0.29) is 12.5 Å². The first kappa shape index (κ1) is 15.7. The van der Waals surface area contributed by atoms with E-state index in [0.29, 0.717) is 12.5 Å². The summed E-state index contributed by atoms with van der Waals surface area (Å²) in [6.07, 6.45) is 1.95. The summed E-state index contributed by atoms with van der Waals surface area (Å²) < 4.78 is 6.67. The maximum atomic E-state index is 9.47. The van der Waals surface area contributed by atoms with Crippen molar-refractivity contribution in [1.82, 2.24) is 0 Å². The lowest BCUT2D eigenvalue weighted by Gasteiger charge is -2.16. The van der Waals surface area contributed by atoms with E-state index in [1.165, 1.54) is 0 Å². The zero-order valence-electron chi connectivity index (χ0n) is 11.2. The predicted molar refractivity (Wildman–Crippen MR) is 78.9 cm³/mol. The molecule has 0 aromatic heterocycles. The van der Waals surface area contributed by atoms with Crippen LogP contribution < -0.4 is 0 Å². The standard InChI is InChI=1S/C15H23BrO2/c1-12(2)7-9-18-10-8-13(11-17)14-5-3-4-6-15(14)16/h3-6,12-13,17H,7-11H2,1-2H3. The van der Waals surface area contributed by atoms with Crippen molar-refractivity contribution in [2.24, 2.45) is 5.92 Å². The van der Waals surface area contributed by atoms with Crippen molar-refractivity contribution >= 4 is 15.9 Å². The van der Waals surface area contributed by atoms with Crippen LogP contribution in [-0.2, 0) is 4.74 Å². The first-order chi connectivity index (χ1) is 8.65. The lowest BCUT2D eigenvalue weighted by Crippen LogP contribution is -2.10. The Kier molecular flexibility index (Phi) is 7.56. The molecule has 0 spiro atoms. The highest BCUT2D eigenvalue weighted by Gasteiger charge is 2.12. The molecule has 1 aromatic carbocycles. The third-order valence-corrected chi connectivity index (χ3v) is 3.74. The molecule has 1 N–H and O–H groups in total. The van der Waals surface area contributed by atoms with Gasteiger partial charge in [-0.05, 0) is 30.4 Å². The normalized spacial score (nSPS) is 12.9. The van der Waals surface area contributed by atoms with Crippen LogP contribution in [0.3, 0.4) is 0 Å². The molecular weight excluding hydrogens is 292 g/mol. The highest BCUT2D eigenvalue weighted by molar-refractivity contribution is 9.10. The molecule has 0 amide bonds. The molecule has 0 aliphatic carbocycles. The molecule has 0 saturated heterocycles. The number of aliphatic hydroxyl groups is 1. The summed E-state index contributed by atoms with van der Waals surface area (Å²) in [5.41, 5.74) is 1.16. The predicted octanol–water partition coefficient (Wildman–Crippen LogP) is 3.98. The van der Waals surface area contributed by atoms with Crippen LogP contribution in [0.4, 0.5) is 0 Å². The van der Waals surface area contributed by atoms with Gasteiger partial charge >= 0.3 is 0 Å². The highest BCUT2D eigenvalue weighted by Crippen LogP contribution is 2.26. The number of ether oxygens (including phenoxy) is 1. The Hall–Kier alpha value is -0.380. The Morgan fingerprint density at radius 3 is 2.44 bits per heavy atom. The third kappa shape index (κ3) is 5.51. The summed E-state index contributed by atoms with van der Waals surface area (Å²) in [5, 5.41) is 9.47. The van der Waals surface area contributed by atoms with Crippen molar-refractivity contribution in [3.63, 3.8) is 0 Å². The molecule has 18 heavy (non-hydrogen) atoms. The quantitative estimate of drug-likeness (QED) is 0.735. The minimum atomic E-state index is 0.152. The summed E-state index contributed by atoms with van der Waals surface area (Å²) in [5.74, 6) is 0.835. The summed E-state index contributed by atoms with van der Waals surface area (Å²) in [6, 6.07) is 8.06. The molecular formula is C15H23BrO2. The monoisotopic (exact) mass is 314 g/mol. The molecule has 0 aliphatic heterocycles. The van der Waals surface area contributed by atoms with E-state index < -0.39 is 0 Å². The second-order valence-corrected chi connectivity index (χ2v) is 5.84. The van der Waals surface area contributed by atoms with Gasteiger partial charge in [0.05, 0.1) is 6.61 Å². The van der Waals surface area contributed by atoms with E-state index >= 15 is 0 Å². The largest absolute Gasteiger partial charge is 0.396 e. The van der Waals surface area contributed by atoms with Crippen LogP contribution >= 0.6 is 15.9 Å². The zero-order valence-corrected chi connectivity index (χ0v) is 12.8. The van der Waals surface area contributed by atoms with Crippen LogP contribution in [0.15, 0.2) is 28.7 Å². The Morgan fingerprint density at radius 1 is 1.17 bits per heavy atom. The summed E-state index contributed by atoms with van der Waals surface area (Å²) >= 11 is 3.53. The van der Waals surface area contributed by atoms with Gasteiger partial charge in [-0.3, -0.25) is 0 Å². The Labute approximate surface area is 118 Å². The average Bonchev–Trinajstić information content (AvgIpc) is 2.35. The SMILES string of the molecule is CC(C)CCOCCC(CO)c1ccccc1Br. The van der Waals surface area contributed by atoms with Crippen molar-refractivity contribution in [2.45, 2.75) is 32.6 Å². The van der Waals surface area contributed by atoms with Crippen molar-refractivity contribution < 1.29 is 9.84 Å². The average molecular weight is 315 g/mol. The van der Waals surface area contributed by atoms with Gasteiger partial charge in [0.25, 0.3) is 0 Å². The summed E-state index contributed by atoms with van der Waals surface area (Å²) in [4.78, 5) is 0. The highest BCUT2D eigenvalue weighted by atomic mass is 79.9. The van der Waals surface area contributed by atoms with Gasteiger partial charge in [0.15, 0.2) is 0 Å². The Bertz CT molecular complexity index is 339. The maximum Gasteiger partial charge on any atom is 0.0501 e. The smallest absolute Gasteiger partial charge is 0.0501 e. The van der Waals surface area contributed by atoms with Gasteiger partial charge in [-0.2, -0.15) is 0 Å². The van der Waals surface area contributed by atoms with E-state index in [0.717, 1.165) is 29.5 Å². The zero-order chi connectivity index (χ0) is 13.4. The van der Waals surface area contributed by atoms with Crippen LogP contribution in [0.5, 0.6) is 0 Å². The second-order valence-electron chi connectivity index (χ2n) is 4.98. The minimum absolute atomic E-state index is 0.152. The number of benzene rings is 1. The van der Waals surface area contributed by atoms with Gasteiger partial charge in [0.1, 0.15) is 0 Å². The lowest BCUT2D eigenvalue weighted by atomic mass is 9.97. The molecule has 0 radical (unpaired) electrons. The molecule has 1 unspecified atom stereocenters. The van der Waals surface area contributed by atoms with Crippen LogP contribution in [0.25, 0.3) is 0 Å². The molecule has 2 nitrogen and oxygen atoms in total. The number of rotatable bonds is 8. The second kappa shape index (κ2) is 8.68. The topological polar surface area (TPSA) is 29.5 Å². The van der Waals surface area contributed by atoms with Gasteiger partial charge < -0.3 is 9.84 Å². The van der Waals surface area contributed by atoms with Crippen LogP contribution in [0.1, 0.15) is 38.2 Å². The summed E-state index contributed by atoms with van der Waals surface area (Å²) in [7, 11) is 0. The van der Waals surface area contributed by atoms with Gasteiger partial charge in [-0.25, -0.2) is 0 Å². The van der Waals surface area contributed by atoms with Crippen molar-refractivity contribution in [3.8, 4) is 0 Å². The molecule has 102 valence electrons. The lowest BCUT2D eigenvalue weighted by molar-refractivity contribution is 0.110. The molecule has 1 atom stereocenters. The maximum absolute atomic E-state index is 9.47. The van der Waals surface area contributed by atoms with E-state index in [2.05, 4.69) is 35.8 Å². The number of halogens is 1. The molecule has 1 aromatic rings. The van der Waals surface area contributed by atoms with E-state index in [9.17, 15) is 5.11 Å². The van der Waals surface area contributed by atoms with Crippen LogP contribution in [0, 0.1) is 5.92 Å². The molecule has 0 saturated carbocycles. The fourth-order valence-electron chi connectivity index (χ4n) is 1.80. The Balaban J connectivity index is 2.36. The van der Waals surface area contributed by atoms with Crippen molar-refractivity contribution in [1.29, 1.82) is 0 Å². The van der Waals surface area contributed by atoms with Crippen LogP contribution in [0.2, 0.25) is 0 Å². The van der Waals surface area contributed by atoms with Gasteiger partial charge in [0, 0.05) is 23.6 Å². The van der Waals surface area contributed by atoms with Crippen molar-refractivity contribution in [3.05, 3.63) is 34.3 Å². The molecule has 3 heteroatoms. The fraction of sp³-hybridized carbons (Fsp3) is 0.600. The minimum Gasteiger partial charge on any atom is -0.396 e. The van der Waals surface area contributed by atoms with Gasteiger partial charge in [-0.15, -0.1) is 0 Å². The summed E-state index contributed by atoms with van der Waals surface area (Å²) in [6.45, 7) is 6.07. The van der Waals surface area contributed by atoms with Gasteiger partial charge in [0.2, 0.25) is 0 Å². The van der Waals surface area contributed by atoms with Crippen molar-refractivity contribution in [2.75, 3.05) is 19.8 Å². The third-order valence-electron chi connectivity index (χ3n) is 3.02. The van der Waals surface area contributed by atoms with E-state index in [1.807, 2.05) is 18.2 Å². The number of hydrogen-bond acceptors (Lipinski definition) is 2. The molecule has 0 fully saturated rings. The van der Waals surface area contributed by atoms with E-state index in [1.54, 1.807) is 0 Å². The number of aliphatic hydroxyl groups excluding tert-OH is 1. The number of hydrogen-bond donors (Lipinski definition) is 1. The first-order valence-electron chi connectivity index (χ1n) is 6.58.